The van der Waals surface area contributed by atoms with Crippen molar-refractivity contribution in [3.05, 3.63) is 94.4 Å². The van der Waals surface area contributed by atoms with Crippen molar-refractivity contribution < 1.29 is 4.79 Å². The molecule has 0 spiro atoms. The Labute approximate surface area is 202 Å². The zero-order chi connectivity index (χ0) is 23.7. The van der Waals surface area contributed by atoms with Gasteiger partial charge in [0.15, 0.2) is 0 Å². The molecule has 34 heavy (non-hydrogen) atoms. The molecule has 0 unspecified atom stereocenters. The Bertz CT molecular complexity index is 1300. The predicted octanol–water partition coefficient (Wildman–Crippen LogP) is 6.90. The molecule has 0 aliphatic heterocycles. The summed E-state index contributed by atoms with van der Waals surface area (Å²) in [7, 11) is 0. The molecule has 2 aromatic heterocycles. The summed E-state index contributed by atoms with van der Waals surface area (Å²) < 4.78 is 1.95. The van der Waals surface area contributed by atoms with Crippen LogP contribution in [-0.4, -0.2) is 15.3 Å². The maximum Gasteiger partial charge on any atom is 0.271 e. The van der Waals surface area contributed by atoms with Crippen LogP contribution < -0.4 is 5.32 Å². The van der Waals surface area contributed by atoms with E-state index in [4.69, 9.17) is 0 Å². The lowest BCUT2D eigenvalue weighted by molar-refractivity contribution is 0.0946. The summed E-state index contributed by atoms with van der Waals surface area (Å²) >= 11 is 0. The number of fused-ring (bicyclic) bond motifs is 1. The third-order valence-electron chi connectivity index (χ3n) is 7.27. The number of hydrogen-bond donors (Lipinski definition) is 1. The Morgan fingerprint density at radius 3 is 2.29 bits per heavy atom. The number of rotatable bonds is 5. The van der Waals surface area contributed by atoms with Crippen molar-refractivity contribution in [2.75, 3.05) is 0 Å². The van der Waals surface area contributed by atoms with Crippen molar-refractivity contribution >= 4 is 11.6 Å². The van der Waals surface area contributed by atoms with Gasteiger partial charge in [0, 0.05) is 18.9 Å². The van der Waals surface area contributed by atoms with Crippen LogP contribution in [-0.2, 0) is 6.54 Å². The quantitative estimate of drug-likeness (QED) is 0.358. The molecule has 4 aromatic rings. The average Bonchev–Trinajstić information content (AvgIpc) is 3.27. The summed E-state index contributed by atoms with van der Waals surface area (Å²) in [6.07, 6.45) is 10.6. The normalized spacial score (nSPS) is 14.4. The monoisotopic (exact) mass is 451 g/mol. The molecule has 174 valence electrons. The summed E-state index contributed by atoms with van der Waals surface area (Å²) in [5.74, 6) is 0.564. The van der Waals surface area contributed by atoms with Crippen LogP contribution in [0.5, 0.6) is 0 Å². The Hall–Kier alpha value is -3.40. The van der Waals surface area contributed by atoms with Crippen LogP contribution in [0.1, 0.15) is 76.3 Å². The largest absolute Gasteiger partial charge is 0.347 e. The van der Waals surface area contributed by atoms with Crippen molar-refractivity contribution in [1.29, 1.82) is 0 Å². The Balaban J connectivity index is 1.31. The summed E-state index contributed by atoms with van der Waals surface area (Å²) in [5.41, 5.74) is 9.79. The fourth-order valence-electron chi connectivity index (χ4n) is 5.40. The molecule has 0 radical (unpaired) electrons. The minimum absolute atomic E-state index is 0.151. The minimum atomic E-state index is -0.151. The van der Waals surface area contributed by atoms with Gasteiger partial charge in [-0.1, -0.05) is 61.2 Å². The fraction of sp³-hybridized carbons (Fsp3) is 0.333. The molecular formula is C30H33N3O. The van der Waals surface area contributed by atoms with Gasteiger partial charge in [-0.15, -0.1) is 0 Å². The number of pyridine rings is 1. The van der Waals surface area contributed by atoms with Gasteiger partial charge in [0.25, 0.3) is 5.91 Å². The van der Waals surface area contributed by atoms with E-state index < -0.39 is 0 Å². The zero-order valence-corrected chi connectivity index (χ0v) is 20.4. The summed E-state index contributed by atoms with van der Waals surface area (Å²) in [6.45, 7) is 6.78. The van der Waals surface area contributed by atoms with Crippen LogP contribution >= 0.6 is 0 Å². The van der Waals surface area contributed by atoms with Crippen molar-refractivity contribution in [3.8, 4) is 11.1 Å². The minimum Gasteiger partial charge on any atom is -0.347 e. The number of aromatic nitrogens is 2. The van der Waals surface area contributed by atoms with Gasteiger partial charge in [-0.3, -0.25) is 4.79 Å². The molecule has 0 bridgehead atoms. The van der Waals surface area contributed by atoms with E-state index in [0.717, 1.165) is 11.2 Å². The van der Waals surface area contributed by atoms with Crippen LogP contribution in [0.25, 0.3) is 16.8 Å². The molecule has 1 amide bonds. The molecule has 4 heteroatoms. The molecular weight excluding hydrogens is 418 g/mol. The number of aryl methyl sites for hydroxylation is 3. The molecule has 0 saturated heterocycles. The van der Waals surface area contributed by atoms with Gasteiger partial charge in [0.2, 0.25) is 0 Å². The molecule has 1 saturated carbocycles. The second kappa shape index (κ2) is 9.46. The van der Waals surface area contributed by atoms with Gasteiger partial charge in [-0.25, -0.2) is 4.98 Å². The molecule has 1 aliphatic carbocycles. The second-order valence-electron chi connectivity index (χ2n) is 9.83. The number of imidazole rings is 1. The van der Waals surface area contributed by atoms with Crippen LogP contribution in [0.15, 0.2) is 60.9 Å². The zero-order valence-electron chi connectivity index (χ0n) is 20.4. The Morgan fingerprint density at radius 1 is 0.912 bits per heavy atom. The third kappa shape index (κ3) is 4.63. The number of benzene rings is 2. The van der Waals surface area contributed by atoms with E-state index in [2.05, 4.69) is 79.7 Å². The number of nitrogens with zero attached hydrogens (tertiary/aromatic N) is 2. The average molecular weight is 452 g/mol. The third-order valence-corrected chi connectivity index (χ3v) is 7.27. The maximum absolute atomic E-state index is 12.8. The van der Waals surface area contributed by atoms with Gasteiger partial charge in [-0.2, -0.15) is 0 Å². The van der Waals surface area contributed by atoms with E-state index in [1.807, 2.05) is 16.7 Å². The van der Waals surface area contributed by atoms with Crippen molar-refractivity contribution in [2.24, 2.45) is 0 Å². The van der Waals surface area contributed by atoms with Crippen molar-refractivity contribution in [1.82, 2.24) is 14.7 Å². The molecule has 0 atom stereocenters. The highest BCUT2D eigenvalue weighted by atomic mass is 16.1. The first kappa shape index (κ1) is 22.4. The number of carbonyl (C=O) groups is 1. The highest BCUT2D eigenvalue weighted by molar-refractivity contribution is 5.93. The van der Waals surface area contributed by atoms with Gasteiger partial charge in [0.1, 0.15) is 11.3 Å². The standard InChI is InChI=1S/C30H33N3O/c1-20-15-21(2)27(22(3)16-20)17-31-30(34)28-19-33-18-26(13-14-29(33)32-28)25-11-9-24(10-12-25)23-7-5-4-6-8-23/h9-16,18-19,23H,4-8,17H2,1-3H3,(H,31,34). The Kier molecular flexibility index (Phi) is 6.23. The van der Waals surface area contributed by atoms with E-state index in [9.17, 15) is 4.79 Å². The summed E-state index contributed by atoms with van der Waals surface area (Å²) in [5, 5.41) is 3.05. The molecule has 4 nitrogen and oxygen atoms in total. The maximum atomic E-state index is 12.8. The number of amides is 1. The van der Waals surface area contributed by atoms with Gasteiger partial charge >= 0.3 is 0 Å². The molecule has 2 heterocycles. The topological polar surface area (TPSA) is 46.4 Å². The first-order valence-corrected chi connectivity index (χ1v) is 12.4. The molecule has 2 aromatic carbocycles. The first-order chi connectivity index (χ1) is 16.5. The van der Waals surface area contributed by atoms with E-state index in [-0.39, 0.29) is 5.91 Å². The number of carbonyl (C=O) groups excluding carboxylic acids is 1. The number of hydrogen-bond acceptors (Lipinski definition) is 2. The van der Waals surface area contributed by atoms with Crippen LogP contribution in [0.4, 0.5) is 0 Å². The fourth-order valence-corrected chi connectivity index (χ4v) is 5.40. The lowest BCUT2D eigenvalue weighted by atomic mass is 9.84. The molecule has 1 aliphatic rings. The number of nitrogens with one attached hydrogen (secondary N) is 1. The van der Waals surface area contributed by atoms with Crippen LogP contribution in [0.3, 0.4) is 0 Å². The van der Waals surface area contributed by atoms with Crippen molar-refractivity contribution in [3.63, 3.8) is 0 Å². The van der Waals surface area contributed by atoms with Gasteiger partial charge in [0.05, 0.1) is 0 Å². The van der Waals surface area contributed by atoms with E-state index in [0.29, 0.717) is 18.2 Å². The SMILES string of the molecule is Cc1cc(C)c(CNC(=O)c2cn3cc(-c4ccc(C5CCCCC5)cc4)ccc3n2)c(C)c1. The van der Waals surface area contributed by atoms with E-state index >= 15 is 0 Å². The predicted molar refractivity (Wildman–Crippen MR) is 138 cm³/mol. The second-order valence-corrected chi connectivity index (χ2v) is 9.83. The Morgan fingerprint density at radius 2 is 1.59 bits per heavy atom. The van der Waals surface area contributed by atoms with Crippen molar-refractivity contribution in [2.45, 2.75) is 65.3 Å². The first-order valence-electron chi connectivity index (χ1n) is 12.4. The molecule has 1 fully saturated rings. The van der Waals surface area contributed by atoms with E-state index in [1.54, 1.807) is 0 Å². The van der Waals surface area contributed by atoms with Crippen LogP contribution in [0, 0.1) is 20.8 Å². The van der Waals surface area contributed by atoms with Gasteiger partial charge in [-0.05, 0) is 85.0 Å². The highest BCUT2D eigenvalue weighted by Crippen LogP contribution is 2.33. The summed E-state index contributed by atoms with van der Waals surface area (Å²) in [6, 6.07) is 17.4. The van der Waals surface area contributed by atoms with Crippen LogP contribution in [0.2, 0.25) is 0 Å². The van der Waals surface area contributed by atoms with E-state index in [1.165, 1.54) is 65.5 Å². The lowest BCUT2D eigenvalue weighted by Crippen LogP contribution is -2.24. The molecule has 1 N–H and O–H groups in total. The van der Waals surface area contributed by atoms with Gasteiger partial charge < -0.3 is 9.72 Å². The molecule has 5 rings (SSSR count). The lowest BCUT2D eigenvalue weighted by Gasteiger charge is -2.22. The smallest absolute Gasteiger partial charge is 0.271 e. The summed E-state index contributed by atoms with van der Waals surface area (Å²) in [4.78, 5) is 17.4. The highest BCUT2D eigenvalue weighted by Gasteiger charge is 2.16.